The molecule has 0 amide bonds. The minimum Gasteiger partial charge on any atom is -0.293 e. The molecule has 3 heteroatoms. The average molecular weight is 402 g/mol. The molecule has 1 heterocycles. The highest BCUT2D eigenvalue weighted by Gasteiger charge is 2.44. The summed E-state index contributed by atoms with van der Waals surface area (Å²) in [5.74, 6) is -0.345. The number of rotatable bonds is 5. The van der Waals surface area contributed by atoms with Gasteiger partial charge in [-0.25, -0.2) is 0 Å². The predicted molar refractivity (Wildman–Crippen MR) is 125 cm³/mol. The van der Waals surface area contributed by atoms with E-state index in [0.717, 1.165) is 22.5 Å². The Bertz CT molecular complexity index is 1190. The first-order chi connectivity index (χ1) is 15.3. The highest BCUT2D eigenvalue weighted by molar-refractivity contribution is 6.20. The molecule has 0 bridgehead atoms. The van der Waals surface area contributed by atoms with E-state index in [9.17, 15) is 4.79 Å². The van der Waals surface area contributed by atoms with Crippen molar-refractivity contribution in [3.05, 3.63) is 138 Å². The van der Waals surface area contributed by atoms with Gasteiger partial charge in [0.2, 0.25) is 0 Å². The summed E-state index contributed by atoms with van der Waals surface area (Å²) in [5.41, 5.74) is 4.50. The number of hydrogen-bond acceptors (Lipinski definition) is 3. The fourth-order valence-electron chi connectivity index (χ4n) is 4.21. The minimum atomic E-state index is -0.424. The van der Waals surface area contributed by atoms with Crippen molar-refractivity contribution in [1.29, 1.82) is 0 Å². The van der Waals surface area contributed by atoms with E-state index in [4.69, 9.17) is 5.10 Å². The van der Waals surface area contributed by atoms with E-state index in [1.165, 1.54) is 0 Å². The molecule has 0 radical (unpaired) electrons. The lowest BCUT2D eigenvalue weighted by Crippen LogP contribution is -2.31. The van der Waals surface area contributed by atoms with Crippen LogP contribution in [-0.2, 0) is 0 Å². The van der Waals surface area contributed by atoms with Gasteiger partial charge in [0, 0.05) is 5.56 Å². The summed E-state index contributed by atoms with van der Waals surface area (Å²) in [6.07, 6.45) is 0. The second-order valence-corrected chi connectivity index (χ2v) is 7.59. The average Bonchev–Trinajstić information content (AvgIpc) is 3.26. The number of carbonyl (C=O) groups is 1. The maximum absolute atomic E-state index is 13.9. The number of carbonyl (C=O) groups excluding carboxylic acids is 1. The third kappa shape index (κ3) is 3.66. The molecule has 0 aromatic heterocycles. The van der Waals surface area contributed by atoms with Crippen LogP contribution in [0.1, 0.15) is 27.5 Å². The smallest absolute Gasteiger partial charge is 0.174 e. The monoisotopic (exact) mass is 402 g/mol. The lowest BCUT2D eigenvalue weighted by Gasteiger charge is -2.28. The van der Waals surface area contributed by atoms with E-state index in [0.29, 0.717) is 5.56 Å². The lowest BCUT2D eigenvalue weighted by atomic mass is 9.81. The van der Waals surface area contributed by atoms with Gasteiger partial charge in [0.25, 0.3) is 0 Å². The standard InChI is InChI=1S/C28H22N2O/c31-28(23-17-9-3-10-18-23)25-26(21-13-5-1-6-14-21)29-30(24-19-11-4-12-20-24)27(25)22-15-7-2-8-16-22/h1-20,25,27H/t25-,27+/m1/s1. The van der Waals surface area contributed by atoms with Crippen molar-refractivity contribution in [3.8, 4) is 0 Å². The number of hydrogen-bond donors (Lipinski definition) is 0. The molecule has 3 nitrogen and oxygen atoms in total. The summed E-state index contributed by atoms with van der Waals surface area (Å²) < 4.78 is 0. The van der Waals surface area contributed by atoms with Crippen LogP contribution in [0.2, 0.25) is 0 Å². The Hall–Kier alpha value is -3.98. The van der Waals surface area contributed by atoms with Gasteiger partial charge in [-0.05, 0) is 23.3 Å². The molecule has 1 aliphatic rings. The normalized spacial score (nSPS) is 17.9. The highest BCUT2D eigenvalue weighted by Crippen LogP contribution is 2.42. The molecule has 0 spiro atoms. The van der Waals surface area contributed by atoms with E-state index in [1.54, 1.807) is 0 Å². The van der Waals surface area contributed by atoms with Gasteiger partial charge < -0.3 is 0 Å². The summed E-state index contributed by atoms with van der Waals surface area (Å²) in [5, 5.41) is 7.05. The molecule has 5 rings (SSSR count). The van der Waals surface area contributed by atoms with Gasteiger partial charge in [-0.1, -0.05) is 109 Å². The zero-order valence-corrected chi connectivity index (χ0v) is 17.0. The molecule has 0 saturated heterocycles. The van der Waals surface area contributed by atoms with Crippen molar-refractivity contribution in [2.75, 3.05) is 5.01 Å². The molecule has 2 atom stereocenters. The van der Waals surface area contributed by atoms with Crippen molar-refractivity contribution in [3.63, 3.8) is 0 Å². The van der Waals surface area contributed by atoms with Crippen LogP contribution in [0.25, 0.3) is 0 Å². The molecule has 4 aromatic carbocycles. The van der Waals surface area contributed by atoms with Crippen LogP contribution in [0, 0.1) is 5.92 Å². The Kier molecular flexibility index (Phi) is 5.16. The number of hydrazone groups is 1. The number of nitrogens with zero attached hydrogens (tertiary/aromatic N) is 2. The minimum absolute atomic E-state index is 0.0792. The predicted octanol–water partition coefficient (Wildman–Crippen LogP) is 6.15. The second kappa shape index (κ2) is 8.41. The van der Waals surface area contributed by atoms with Gasteiger partial charge in [-0.15, -0.1) is 0 Å². The molecule has 31 heavy (non-hydrogen) atoms. The molecular weight excluding hydrogens is 380 g/mol. The maximum atomic E-state index is 13.9. The summed E-state index contributed by atoms with van der Waals surface area (Å²) in [6.45, 7) is 0. The van der Waals surface area contributed by atoms with Gasteiger partial charge in [0.15, 0.2) is 5.78 Å². The molecule has 0 unspecified atom stereocenters. The maximum Gasteiger partial charge on any atom is 0.174 e. The Morgan fingerprint density at radius 3 is 1.77 bits per heavy atom. The van der Waals surface area contributed by atoms with Crippen LogP contribution in [0.5, 0.6) is 0 Å². The van der Waals surface area contributed by atoms with Gasteiger partial charge in [0.1, 0.15) is 0 Å². The molecule has 150 valence electrons. The Morgan fingerprint density at radius 1 is 0.645 bits per heavy atom. The Labute approximate surface area is 182 Å². The Balaban J connectivity index is 1.70. The van der Waals surface area contributed by atoms with Crippen molar-refractivity contribution in [2.24, 2.45) is 11.0 Å². The fourth-order valence-corrected chi connectivity index (χ4v) is 4.21. The number of ketones is 1. The second-order valence-electron chi connectivity index (χ2n) is 7.59. The zero-order valence-electron chi connectivity index (χ0n) is 17.0. The molecule has 0 saturated carbocycles. The first-order valence-electron chi connectivity index (χ1n) is 10.5. The van der Waals surface area contributed by atoms with Crippen molar-refractivity contribution >= 4 is 17.2 Å². The molecule has 1 aliphatic heterocycles. The third-order valence-corrected chi connectivity index (χ3v) is 5.66. The zero-order chi connectivity index (χ0) is 21.0. The van der Waals surface area contributed by atoms with Gasteiger partial charge in [-0.2, -0.15) is 5.10 Å². The van der Waals surface area contributed by atoms with E-state index in [1.807, 2.05) is 114 Å². The first kappa shape index (κ1) is 19.0. The summed E-state index contributed by atoms with van der Waals surface area (Å²) in [4.78, 5) is 13.9. The number of para-hydroxylation sites is 1. The number of Topliss-reactive ketones (excluding diaryl/α,β-unsaturated/α-hetero) is 1. The van der Waals surface area contributed by atoms with Crippen LogP contribution >= 0.6 is 0 Å². The molecule has 0 fully saturated rings. The number of benzene rings is 4. The number of anilines is 1. The van der Waals surface area contributed by atoms with Crippen LogP contribution < -0.4 is 5.01 Å². The van der Waals surface area contributed by atoms with Crippen molar-refractivity contribution in [2.45, 2.75) is 6.04 Å². The molecule has 4 aromatic rings. The van der Waals surface area contributed by atoms with Crippen LogP contribution in [0.4, 0.5) is 5.69 Å². The third-order valence-electron chi connectivity index (χ3n) is 5.66. The largest absolute Gasteiger partial charge is 0.293 e. The summed E-state index contributed by atoms with van der Waals surface area (Å²) >= 11 is 0. The van der Waals surface area contributed by atoms with Gasteiger partial charge in [-0.3, -0.25) is 9.80 Å². The molecule has 0 N–H and O–H groups in total. The van der Waals surface area contributed by atoms with Crippen molar-refractivity contribution in [1.82, 2.24) is 0 Å². The van der Waals surface area contributed by atoms with Crippen LogP contribution in [0.3, 0.4) is 0 Å². The lowest BCUT2D eigenvalue weighted by molar-refractivity contribution is 0.0944. The van der Waals surface area contributed by atoms with E-state index in [-0.39, 0.29) is 11.8 Å². The first-order valence-corrected chi connectivity index (χ1v) is 10.5. The van der Waals surface area contributed by atoms with Gasteiger partial charge >= 0.3 is 0 Å². The van der Waals surface area contributed by atoms with E-state index < -0.39 is 5.92 Å². The molecule has 0 aliphatic carbocycles. The van der Waals surface area contributed by atoms with E-state index >= 15 is 0 Å². The van der Waals surface area contributed by atoms with Crippen LogP contribution in [0.15, 0.2) is 126 Å². The SMILES string of the molecule is O=C(c1ccccc1)[C@@H]1C(c2ccccc2)=NN(c2ccccc2)[C@H]1c1ccccc1. The van der Waals surface area contributed by atoms with E-state index in [2.05, 4.69) is 12.1 Å². The molecular formula is C28H22N2O. The van der Waals surface area contributed by atoms with Crippen LogP contribution in [-0.4, -0.2) is 11.5 Å². The van der Waals surface area contributed by atoms with Gasteiger partial charge in [0.05, 0.1) is 23.4 Å². The Morgan fingerprint density at radius 2 is 1.16 bits per heavy atom. The highest BCUT2D eigenvalue weighted by atomic mass is 16.1. The topological polar surface area (TPSA) is 32.7 Å². The van der Waals surface area contributed by atoms with Crippen molar-refractivity contribution < 1.29 is 4.79 Å². The summed E-state index contributed by atoms with van der Waals surface area (Å²) in [7, 11) is 0. The fraction of sp³-hybridized carbons (Fsp3) is 0.0714. The quantitative estimate of drug-likeness (QED) is 0.375. The summed E-state index contributed by atoms with van der Waals surface area (Å²) in [6, 6.07) is 39.6.